The van der Waals surface area contributed by atoms with Crippen molar-refractivity contribution in [3.8, 4) is 17.5 Å². The van der Waals surface area contributed by atoms with E-state index in [1.807, 2.05) is 25.6 Å². The van der Waals surface area contributed by atoms with Crippen molar-refractivity contribution in [2.75, 3.05) is 18.0 Å². The minimum atomic E-state index is -0.114. The van der Waals surface area contributed by atoms with E-state index in [-0.39, 0.29) is 5.41 Å². The summed E-state index contributed by atoms with van der Waals surface area (Å²) in [5.41, 5.74) is 3.80. The Bertz CT molecular complexity index is 1130. The molecule has 5 heterocycles. The van der Waals surface area contributed by atoms with Crippen LogP contribution in [0.3, 0.4) is 0 Å². The molecule has 2 bridgehead atoms. The average molecular weight is 403 g/mol. The molecule has 3 aromatic heterocycles. The highest BCUT2D eigenvalue weighted by Gasteiger charge is 2.51. The summed E-state index contributed by atoms with van der Waals surface area (Å²) in [5, 5.41) is 13.6. The number of imidazole rings is 1. The Hall–Kier alpha value is -2.92. The molecule has 2 saturated heterocycles. The molecule has 0 radical (unpaired) electrons. The molecule has 2 atom stereocenters. The van der Waals surface area contributed by atoms with Gasteiger partial charge in [0.05, 0.1) is 28.9 Å². The number of piperazine rings is 1. The Balaban J connectivity index is 1.27. The molecule has 8 nitrogen and oxygen atoms in total. The second-order valence-corrected chi connectivity index (χ2v) is 9.49. The van der Waals surface area contributed by atoms with Crippen LogP contribution in [0.4, 0.5) is 5.69 Å². The first kappa shape index (κ1) is 17.9. The molecule has 3 fully saturated rings. The zero-order valence-electron chi connectivity index (χ0n) is 17.4. The van der Waals surface area contributed by atoms with Crippen LogP contribution in [-0.2, 0) is 7.05 Å². The van der Waals surface area contributed by atoms with Gasteiger partial charge in [-0.25, -0.2) is 9.97 Å². The third-order valence-corrected chi connectivity index (χ3v) is 7.29. The summed E-state index contributed by atoms with van der Waals surface area (Å²) in [7, 11) is 1.91. The van der Waals surface area contributed by atoms with Gasteiger partial charge < -0.3 is 9.88 Å². The van der Waals surface area contributed by atoms with E-state index in [0.29, 0.717) is 18.1 Å². The van der Waals surface area contributed by atoms with Gasteiger partial charge in [-0.1, -0.05) is 0 Å². The minimum absolute atomic E-state index is 0.114. The van der Waals surface area contributed by atoms with Crippen LogP contribution < -0.4 is 4.90 Å². The first-order valence-electron chi connectivity index (χ1n) is 10.8. The maximum absolute atomic E-state index is 9.39. The molecule has 154 valence electrons. The molecule has 8 heteroatoms. The van der Waals surface area contributed by atoms with Crippen LogP contribution in [0, 0.1) is 16.7 Å². The van der Waals surface area contributed by atoms with Gasteiger partial charge in [0.25, 0.3) is 0 Å². The smallest absolute Gasteiger partial charge is 0.180 e. The average Bonchev–Trinajstić information content (AvgIpc) is 3.40. The highest BCUT2D eigenvalue weighted by molar-refractivity contribution is 5.88. The fraction of sp³-hybridized carbons (Fsp3) is 0.545. The Kier molecular flexibility index (Phi) is 3.75. The second kappa shape index (κ2) is 6.29. The van der Waals surface area contributed by atoms with Crippen LogP contribution in [0.15, 0.2) is 24.7 Å². The maximum atomic E-state index is 9.39. The van der Waals surface area contributed by atoms with E-state index >= 15 is 0 Å². The number of hydrogen-bond acceptors (Lipinski definition) is 6. The zero-order chi connectivity index (χ0) is 20.5. The van der Waals surface area contributed by atoms with E-state index in [1.54, 1.807) is 4.68 Å². The summed E-state index contributed by atoms with van der Waals surface area (Å²) in [5.74, 6) is 0.810. The topological polar surface area (TPSA) is 89.7 Å². The first-order valence-corrected chi connectivity index (χ1v) is 10.8. The third kappa shape index (κ3) is 2.65. The van der Waals surface area contributed by atoms with Crippen LogP contribution in [-0.4, -0.2) is 60.8 Å². The second-order valence-electron chi connectivity index (χ2n) is 9.49. The number of fused-ring (bicyclic) bond motifs is 3. The number of aryl methyl sites for hydroxylation is 1. The van der Waals surface area contributed by atoms with Crippen LogP contribution in [0.25, 0.3) is 22.6 Å². The number of nitrogens with one attached hydrogen (secondary N) is 1. The summed E-state index contributed by atoms with van der Waals surface area (Å²) in [6, 6.07) is 6.34. The normalized spacial score (nSPS) is 31.1. The molecule has 6 rings (SSSR count). The lowest BCUT2D eigenvalue weighted by molar-refractivity contribution is 0.00680. The summed E-state index contributed by atoms with van der Waals surface area (Å²) in [6.45, 7) is 4.15. The summed E-state index contributed by atoms with van der Waals surface area (Å²) < 4.78 is 1.78. The fourth-order valence-corrected chi connectivity index (χ4v) is 5.85. The van der Waals surface area contributed by atoms with E-state index < -0.39 is 0 Å². The number of nitriles is 1. The van der Waals surface area contributed by atoms with Crippen molar-refractivity contribution in [1.82, 2.24) is 29.6 Å². The third-order valence-electron chi connectivity index (χ3n) is 7.29. The van der Waals surface area contributed by atoms with Gasteiger partial charge in [-0.2, -0.15) is 10.4 Å². The highest BCUT2D eigenvalue weighted by atomic mass is 15.3. The lowest BCUT2D eigenvalue weighted by atomic mass is 9.67. The molecule has 1 saturated carbocycles. The molecule has 1 unspecified atom stereocenters. The van der Waals surface area contributed by atoms with Crippen molar-refractivity contribution in [3.63, 3.8) is 0 Å². The van der Waals surface area contributed by atoms with E-state index in [4.69, 9.17) is 4.98 Å². The minimum Gasteiger partial charge on any atom is -0.367 e. The lowest BCUT2D eigenvalue weighted by Gasteiger charge is -2.52. The van der Waals surface area contributed by atoms with E-state index in [2.05, 4.69) is 43.9 Å². The van der Waals surface area contributed by atoms with Crippen molar-refractivity contribution in [1.29, 1.82) is 5.26 Å². The fourth-order valence-electron chi connectivity index (χ4n) is 5.85. The molecule has 1 aliphatic carbocycles. The van der Waals surface area contributed by atoms with Gasteiger partial charge in [-0.15, -0.1) is 0 Å². The molecule has 30 heavy (non-hydrogen) atoms. The number of anilines is 1. The number of aromatic nitrogens is 5. The van der Waals surface area contributed by atoms with Crippen LogP contribution in [0.5, 0.6) is 0 Å². The molecule has 0 amide bonds. The first-order chi connectivity index (χ1) is 14.5. The lowest BCUT2D eigenvalue weighted by Crippen LogP contribution is -2.61. The SMILES string of the molecule is Cn1cc(-c2nc3nccc(N4CC5CC[C@H](C4)N5C4CC(C)(C#N)C4)c3[nH]2)cn1. The molecule has 0 aromatic carbocycles. The Morgan fingerprint density at radius 1 is 1.20 bits per heavy atom. The Labute approximate surface area is 175 Å². The molecule has 3 aliphatic rings. The summed E-state index contributed by atoms with van der Waals surface area (Å²) in [6.07, 6.45) is 10.2. The number of hydrogen-bond donors (Lipinski definition) is 1. The van der Waals surface area contributed by atoms with Gasteiger partial charge in [-0.3, -0.25) is 9.58 Å². The number of aromatic amines is 1. The summed E-state index contributed by atoms with van der Waals surface area (Å²) >= 11 is 0. The van der Waals surface area contributed by atoms with Gasteiger partial charge in [0, 0.05) is 50.7 Å². The standard InChI is InChI=1S/C22H26N8/c1-22(13-23)7-17(8-22)30-15-3-4-16(30)12-29(11-15)18-5-6-24-21-19(18)26-20(27-21)14-9-25-28(2)10-14/h5-6,9-10,15-17H,3-4,7-8,11-12H2,1-2H3,(H,24,26,27)/t15-,16?,17?,22?/m1/s1. The predicted octanol–water partition coefficient (Wildman–Crippen LogP) is 2.70. The van der Waals surface area contributed by atoms with Gasteiger partial charge >= 0.3 is 0 Å². The van der Waals surface area contributed by atoms with Crippen LogP contribution >= 0.6 is 0 Å². The monoisotopic (exact) mass is 402 g/mol. The highest BCUT2D eigenvalue weighted by Crippen LogP contribution is 2.47. The largest absolute Gasteiger partial charge is 0.367 e. The van der Waals surface area contributed by atoms with Gasteiger partial charge in [0.1, 0.15) is 11.3 Å². The number of H-pyrrole nitrogens is 1. The summed E-state index contributed by atoms with van der Waals surface area (Å²) in [4.78, 5) is 18.0. The van der Waals surface area contributed by atoms with Gasteiger partial charge in [0.15, 0.2) is 5.65 Å². The van der Waals surface area contributed by atoms with Crippen molar-refractivity contribution in [2.24, 2.45) is 12.5 Å². The quantitative estimate of drug-likeness (QED) is 0.725. The molecule has 3 aromatic rings. The van der Waals surface area contributed by atoms with Crippen molar-refractivity contribution >= 4 is 16.9 Å². The van der Waals surface area contributed by atoms with E-state index in [1.165, 1.54) is 18.5 Å². The molecule has 0 spiro atoms. The Morgan fingerprint density at radius 3 is 2.63 bits per heavy atom. The van der Waals surface area contributed by atoms with Crippen LogP contribution in [0.2, 0.25) is 0 Å². The van der Waals surface area contributed by atoms with E-state index in [9.17, 15) is 5.26 Å². The van der Waals surface area contributed by atoms with Crippen molar-refractivity contribution < 1.29 is 0 Å². The Morgan fingerprint density at radius 2 is 1.97 bits per heavy atom. The van der Waals surface area contributed by atoms with Gasteiger partial charge in [0.2, 0.25) is 0 Å². The van der Waals surface area contributed by atoms with E-state index in [0.717, 1.165) is 48.5 Å². The molecular weight excluding hydrogens is 376 g/mol. The number of rotatable bonds is 3. The number of pyridine rings is 1. The predicted molar refractivity (Wildman–Crippen MR) is 114 cm³/mol. The molecular formula is C22H26N8. The molecule has 2 aliphatic heterocycles. The zero-order valence-corrected chi connectivity index (χ0v) is 17.4. The molecule has 1 N–H and O–H groups in total. The van der Waals surface area contributed by atoms with Gasteiger partial charge in [-0.05, 0) is 38.7 Å². The maximum Gasteiger partial charge on any atom is 0.180 e. The van der Waals surface area contributed by atoms with Crippen molar-refractivity contribution in [2.45, 2.75) is 50.7 Å². The number of nitrogens with zero attached hydrogens (tertiary/aromatic N) is 7. The van der Waals surface area contributed by atoms with Crippen molar-refractivity contribution in [3.05, 3.63) is 24.7 Å². The van der Waals surface area contributed by atoms with Crippen LogP contribution in [0.1, 0.15) is 32.6 Å².